The minimum Gasteiger partial charge on any atom is -0.420 e. The number of benzene rings is 1. The molecule has 0 spiro atoms. The first-order valence-corrected chi connectivity index (χ1v) is 6.35. The molecule has 0 unspecified atom stereocenters. The fourth-order valence-corrected chi connectivity index (χ4v) is 1.99. The van der Waals surface area contributed by atoms with Gasteiger partial charge in [0, 0.05) is 0 Å². The van der Waals surface area contributed by atoms with Gasteiger partial charge in [-0.2, -0.15) is 0 Å². The third kappa shape index (κ3) is 2.88. The van der Waals surface area contributed by atoms with Crippen molar-refractivity contribution < 1.29 is 9.53 Å². The van der Waals surface area contributed by atoms with Gasteiger partial charge in [-0.05, 0) is 26.0 Å². The zero-order valence-corrected chi connectivity index (χ0v) is 11.9. The van der Waals surface area contributed by atoms with Crippen molar-refractivity contribution in [3.8, 4) is 5.75 Å². The maximum absolute atomic E-state index is 12.0. The van der Waals surface area contributed by atoms with Gasteiger partial charge in [-0.3, -0.25) is 4.98 Å². The van der Waals surface area contributed by atoms with Crippen molar-refractivity contribution in [2.24, 2.45) is 0 Å². The molecule has 2 aromatic rings. The lowest BCUT2D eigenvalue weighted by atomic mass is 10.2. The van der Waals surface area contributed by atoms with E-state index < -0.39 is 5.97 Å². The molecule has 0 amide bonds. The van der Waals surface area contributed by atoms with Crippen LogP contribution in [0.25, 0.3) is 0 Å². The van der Waals surface area contributed by atoms with E-state index in [2.05, 4.69) is 4.98 Å². The van der Waals surface area contributed by atoms with Gasteiger partial charge in [0.15, 0.2) is 5.75 Å². The Labute approximate surface area is 121 Å². The minimum atomic E-state index is -0.505. The summed E-state index contributed by atoms with van der Waals surface area (Å²) in [5.41, 5.74) is 1.57. The van der Waals surface area contributed by atoms with E-state index in [0.717, 1.165) is 0 Å². The number of halogens is 2. The van der Waals surface area contributed by atoms with E-state index in [-0.39, 0.29) is 15.8 Å². The Morgan fingerprint density at radius 1 is 1.05 bits per heavy atom. The first kappa shape index (κ1) is 13.8. The average Bonchev–Trinajstić information content (AvgIpc) is 2.42. The number of esters is 1. The largest absolute Gasteiger partial charge is 0.420 e. The number of pyridine rings is 1. The molecule has 1 heterocycles. The molecule has 19 heavy (non-hydrogen) atoms. The summed E-state index contributed by atoms with van der Waals surface area (Å²) in [6.45, 7) is 3.46. The molecular weight excluding hydrogens is 285 g/mol. The highest BCUT2D eigenvalue weighted by molar-refractivity contribution is 6.38. The lowest BCUT2D eigenvalue weighted by Crippen LogP contribution is -2.10. The lowest BCUT2D eigenvalue weighted by molar-refractivity contribution is 0.0734. The number of hydrogen-bond acceptors (Lipinski definition) is 3. The van der Waals surface area contributed by atoms with Crippen molar-refractivity contribution in [2.45, 2.75) is 13.8 Å². The Morgan fingerprint density at radius 2 is 1.58 bits per heavy atom. The minimum absolute atomic E-state index is 0.155. The second-order valence-electron chi connectivity index (χ2n) is 4.00. The van der Waals surface area contributed by atoms with Gasteiger partial charge in [-0.25, -0.2) is 4.79 Å². The SMILES string of the molecule is Cc1nc(C)c(Cl)c(OC(=O)c2ccccc2)c1Cl. The van der Waals surface area contributed by atoms with Gasteiger partial charge in [0.05, 0.1) is 17.0 Å². The van der Waals surface area contributed by atoms with Crippen molar-refractivity contribution >= 4 is 29.2 Å². The first-order chi connectivity index (χ1) is 9.00. The zero-order chi connectivity index (χ0) is 14.0. The van der Waals surface area contributed by atoms with Gasteiger partial charge in [-0.15, -0.1) is 0 Å². The molecule has 0 aliphatic carbocycles. The number of ether oxygens (including phenoxy) is 1. The Hall–Kier alpha value is -1.58. The van der Waals surface area contributed by atoms with Crippen LogP contribution in [-0.2, 0) is 0 Å². The number of hydrogen-bond donors (Lipinski definition) is 0. The smallest absolute Gasteiger partial charge is 0.343 e. The van der Waals surface area contributed by atoms with Gasteiger partial charge < -0.3 is 4.74 Å². The fourth-order valence-electron chi connectivity index (χ4n) is 1.59. The van der Waals surface area contributed by atoms with Crippen LogP contribution in [0.4, 0.5) is 0 Å². The van der Waals surface area contributed by atoms with E-state index in [1.807, 2.05) is 6.07 Å². The van der Waals surface area contributed by atoms with Crippen molar-refractivity contribution in [1.29, 1.82) is 0 Å². The zero-order valence-electron chi connectivity index (χ0n) is 10.4. The summed E-state index contributed by atoms with van der Waals surface area (Å²) >= 11 is 12.2. The van der Waals surface area contributed by atoms with Crippen LogP contribution >= 0.6 is 23.2 Å². The molecule has 2 rings (SSSR count). The van der Waals surface area contributed by atoms with Crippen LogP contribution in [0.2, 0.25) is 10.0 Å². The molecule has 0 radical (unpaired) electrons. The van der Waals surface area contributed by atoms with Gasteiger partial charge in [0.2, 0.25) is 0 Å². The molecule has 0 N–H and O–H groups in total. The molecule has 1 aromatic heterocycles. The molecule has 1 aromatic carbocycles. The molecule has 0 atom stereocenters. The third-order valence-electron chi connectivity index (χ3n) is 2.57. The summed E-state index contributed by atoms with van der Waals surface area (Å²) in [6.07, 6.45) is 0. The van der Waals surface area contributed by atoms with Gasteiger partial charge in [0.25, 0.3) is 0 Å². The highest BCUT2D eigenvalue weighted by Gasteiger charge is 2.18. The van der Waals surface area contributed by atoms with Gasteiger partial charge >= 0.3 is 5.97 Å². The molecule has 0 aliphatic rings. The number of aromatic nitrogens is 1. The number of carbonyl (C=O) groups is 1. The Morgan fingerprint density at radius 3 is 2.11 bits per heavy atom. The molecule has 0 saturated carbocycles. The summed E-state index contributed by atoms with van der Waals surface area (Å²) in [5.74, 6) is -0.350. The van der Waals surface area contributed by atoms with Crippen molar-refractivity contribution in [3.63, 3.8) is 0 Å². The second-order valence-corrected chi connectivity index (χ2v) is 4.75. The van der Waals surface area contributed by atoms with E-state index in [4.69, 9.17) is 27.9 Å². The number of rotatable bonds is 2. The van der Waals surface area contributed by atoms with Crippen LogP contribution in [0.5, 0.6) is 5.75 Å². The topological polar surface area (TPSA) is 39.2 Å². The first-order valence-electron chi connectivity index (χ1n) is 5.60. The van der Waals surface area contributed by atoms with Crippen LogP contribution < -0.4 is 4.74 Å². The van der Waals surface area contributed by atoms with Crippen LogP contribution in [0.3, 0.4) is 0 Å². The molecule has 98 valence electrons. The summed E-state index contributed by atoms with van der Waals surface area (Å²) in [4.78, 5) is 16.1. The summed E-state index contributed by atoms with van der Waals surface area (Å²) in [6, 6.07) is 8.64. The van der Waals surface area contributed by atoms with E-state index in [9.17, 15) is 4.79 Å². The molecule has 0 aliphatic heterocycles. The van der Waals surface area contributed by atoms with Crippen molar-refractivity contribution in [2.75, 3.05) is 0 Å². The van der Waals surface area contributed by atoms with E-state index in [0.29, 0.717) is 17.0 Å². The van der Waals surface area contributed by atoms with Gasteiger partial charge in [0.1, 0.15) is 10.0 Å². The van der Waals surface area contributed by atoms with E-state index in [1.165, 1.54) is 0 Å². The van der Waals surface area contributed by atoms with Gasteiger partial charge in [-0.1, -0.05) is 41.4 Å². The Bertz CT molecular complexity index is 601. The van der Waals surface area contributed by atoms with E-state index >= 15 is 0 Å². The average molecular weight is 296 g/mol. The number of aryl methyl sites for hydroxylation is 2. The summed E-state index contributed by atoms with van der Waals surface area (Å²) < 4.78 is 5.28. The molecule has 3 nitrogen and oxygen atoms in total. The predicted octanol–water partition coefficient (Wildman–Crippen LogP) is 4.22. The molecule has 0 bridgehead atoms. The summed E-state index contributed by atoms with van der Waals surface area (Å²) in [7, 11) is 0. The normalized spacial score (nSPS) is 10.3. The highest BCUT2D eigenvalue weighted by atomic mass is 35.5. The summed E-state index contributed by atoms with van der Waals surface area (Å²) in [5, 5.41) is 0.500. The highest BCUT2D eigenvalue weighted by Crippen LogP contribution is 2.36. The van der Waals surface area contributed by atoms with Crippen LogP contribution in [0.15, 0.2) is 30.3 Å². The lowest BCUT2D eigenvalue weighted by Gasteiger charge is -2.11. The Kier molecular flexibility index (Phi) is 4.08. The third-order valence-corrected chi connectivity index (χ3v) is 3.46. The fraction of sp³-hybridized carbons (Fsp3) is 0.143. The maximum Gasteiger partial charge on any atom is 0.343 e. The number of nitrogens with zero attached hydrogens (tertiary/aromatic N) is 1. The maximum atomic E-state index is 12.0. The Balaban J connectivity index is 2.37. The molecule has 0 fully saturated rings. The molecule has 5 heteroatoms. The van der Waals surface area contributed by atoms with E-state index in [1.54, 1.807) is 38.1 Å². The van der Waals surface area contributed by atoms with Crippen LogP contribution in [-0.4, -0.2) is 11.0 Å². The van der Waals surface area contributed by atoms with Crippen molar-refractivity contribution in [3.05, 3.63) is 57.3 Å². The van der Waals surface area contributed by atoms with Crippen LogP contribution in [0.1, 0.15) is 21.7 Å². The monoisotopic (exact) mass is 295 g/mol. The van der Waals surface area contributed by atoms with Crippen molar-refractivity contribution in [1.82, 2.24) is 4.98 Å². The predicted molar refractivity (Wildman–Crippen MR) is 75.1 cm³/mol. The molecular formula is C14H11Cl2NO2. The standard InChI is InChI=1S/C14H11Cl2NO2/c1-8-11(15)13(12(16)9(2)17-8)19-14(18)10-6-4-3-5-7-10/h3-7H,1-2H3. The number of carbonyl (C=O) groups excluding carboxylic acids is 1. The molecule has 0 saturated heterocycles. The van der Waals surface area contributed by atoms with Crippen LogP contribution in [0, 0.1) is 13.8 Å². The second kappa shape index (κ2) is 5.59. The quantitative estimate of drug-likeness (QED) is 0.779.